The molecule has 4 heterocycles. The zero-order chi connectivity index (χ0) is 25.4. The number of aromatic nitrogens is 2. The summed E-state index contributed by atoms with van der Waals surface area (Å²) in [7, 11) is 1.25. The second kappa shape index (κ2) is 9.23. The molecule has 3 aromatic heterocycles. The van der Waals surface area contributed by atoms with Crippen LogP contribution in [-0.2, 0) is 14.3 Å². The number of rotatable bonds is 7. The molecule has 0 bridgehead atoms. The summed E-state index contributed by atoms with van der Waals surface area (Å²) < 4.78 is 11.9. The van der Waals surface area contributed by atoms with Crippen molar-refractivity contribution in [2.24, 2.45) is 5.92 Å². The van der Waals surface area contributed by atoms with Crippen molar-refractivity contribution in [2.45, 2.75) is 30.5 Å². The summed E-state index contributed by atoms with van der Waals surface area (Å²) >= 11 is 1.48. The monoisotopic (exact) mass is 508 g/mol. The van der Waals surface area contributed by atoms with Crippen molar-refractivity contribution in [1.29, 1.82) is 0 Å². The molecule has 2 fully saturated rings. The number of carbonyl (C=O) groups is 3. The van der Waals surface area contributed by atoms with E-state index in [1.54, 1.807) is 24.5 Å². The van der Waals surface area contributed by atoms with Gasteiger partial charge in [-0.25, -0.2) is 9.59 Å². The molecule has 2 N–H and O–H groups in total. The number of likely N-dealkylation sites (tertiary alicyclic amines) is 1. The highest BCUT2D eigenvalue weighted by molar-refractivity contribution is 7.22. The van der Waals surface area contributed by atoms with Gasteiger partial charge in [-0.3, -0.25) is 19.7 Å². The Bertz CT molecular complexity index is 1340. The van der Waals surface area contributed by atoms with Crippen molar-refractivity contribution in [2.75, 3.05) is 13.7 Å². The van der Waals surface area contributed by atoms with E-state index >= 15 is 0 Å². The molecule has 2 aliphatic rings. The van der Waals surface area contributed by atoms with Crippen LogP contribution in [0.25, 0.3) is 20.8 Å². The lowest BCUT2D eigenvalue weighted by Crippen LogP contribution is -2.53. The predicted molar refractivity (Wildman–Crippen MR) is 132 cm³/mol. The summed E-state index contributed by atoms with van der Waals surface area (Å²) in [6.45, 7) is 3.70. The number of hydrogen-bond acceptors (Lipinski definition) is 8. The number of nitrogens with zero attached hydrogens (tertiary/aromatic N) is 3. The van der Waals surface area contributed by atoms with E-state index in [-0.39, 0.29) is 18.9 Å². The van der Waals surface area contributed by atoms with Crippen LogP contribution in [0.2, 0.25) is 0 Å². The number of esters is 1. The minimum absolute atomic E-state index is 0.00577. The molecule has 36 heavy (non-hydrogen) atoms. The van der Waals surface area contributed by atoms with E-state index in [2.05, 4.69) is 21.9 Å². The molecule has 5 rings (SSSR count). The number of pyridine rings is 2. The Kier molecular flexibility index (Phi) is 6.09. The van der Waals surface area contributed by atoms with Gasteiger partial charge >= 0.3 is 12.1 Å². The third-order valence-corrected chi connectivity index (χ3v) is 7.75. The Hall–Kier alpha value is -3.99. The SMILES string of the molecule is C=C[C@@H]1C[C@]1(NC(=O)[C@@H]1C[C@@H](Oc2ccnc3cc(-c4ccccn4)sc23)CN1C(=O)O)C(=O)OC. The van der Waals surface area contributed by atoms with Gasteiger partial charge in [-0.05, 0) is 30.7 Å². The maximum atomic E-state index is 13.1. The lowest BCUT2D eigenvalue weighted by Gasteiger charge is -2.23. The van der Waals surface area contributed by atoms with Gasteiger partial charge in [0.05, 0.1) is 34.4 Å². The number of amides is 2. The normalized spacial score (nSPS) is 24.8. The summed E-state index contributed by atoms with van der Waals surface area (Å²) in [5.41, 5.74) is 0.357. The second-order valence-corrected chi connectivity index (χ2v) is 9.83. The van der Waals surface area contributed by atoms with E-state index in [1.807, 2.05) is 24.3 Å². The molecule has 11 heteroatoms. The largest absolute Gasteiger partial charge is 0.487 e. The maximum Gasteiger partial charge on any atom is 0.408 e. The third kappa shape index (κ3) is 4.15. The standard InChI is InChI=1S/C25H24N4O6S/c1-3-14-12-25(14,23(31)34-2)28-22(30)18-10-15(13-29(18)24(32)33)35-19-7-9-27-17-11-20(36-21(17)19)16-6-4-5-8-26-16/h3-9,11,14-15,18H,1,10,12-13H2,2H3,(H,28,30)(H,32,33)/t14-,15-,18+,25-/m1/s1. The Morgan fingerprint density at radius 3 is 2.78 bits per heavy atom. The van der Waals surface area contributed by atoms with Crippen LogP contribution in [0.5, 0.6) is 5.75 Å². The predicted octanol–water partition coefficient (Wildman–Crippen LogP) is 3.09. The first-order valence-electron chi connectivity index (χ1n) is 11.4. The zero-order valence-corrected chi connectivity index (χ0v) is 20.2. The van der Waals surface area contributed by atoms with Crippen LogP contribution in [0.3, 0.4) is 0 Å². The van der Waals surface area contributed by atoms with Crippen LogP contribution >= 0.6 is 11.3 Å². The summed E-state index contributed by atoms with van der Waals surface area (Å²) in [5.74, 6) is -0.845. The quantitative estimate of drug-likeness (QED) is 0.368. The first-order valence-corrected chi connectivity index (χ1v) is 12.2. The Labute approximate surface area is 210 Å². The number of hydrogen-bond donors (Lipinski definition) is 2. The topological polar surface area (TPSA) is 131 Å². The highest BCUT2D eigenvalue weighted by Gasteiger charge is 2.61. The molecule has 3 aromatic rings. The Balaban J connectivity index is 1.35. The average molecular weight is 509 g/mol. The van der Waals surface area contributed by atoms with Crippen molar-refractivity contribution in [3.63, 3.8) is 0 Å². The van der Waals surface area contributed by atoms with Crippen molar-refractivity contribution < 1.29 is 29.0 Å². The minimum atomic E-state index is -1.24. The average Bonchev–Trinajstić information content (AvgIpc) is 3.20. The van der Waals surface area contributed by atoms with Crippen LogP contribution in [0.1, 0.15) is 12.8 Å². The first-order chi connectivity index (χ1) is 17.4. The van der Waals surface area contributed by atoms with E-state index in [0.29, 0.717) is 12.2 Å². The molecule has 186 valence electrons. The van der Waals surface area contributed by atoms with Crippen molar-refractivity contribution in [3.05, 3.63) is 55.4 Å². The fourth-order valence-corrected chi connectivity index (χ4v) is 5.70. The molecule has 10 nitrogen and oxygen atoms in total. The number of carboxylic acid groups (broad SMARTS) is 1. The molecule has 0 unspecified atom stereocenters. The van der Waals surface area contributed by atoms with E-state index in [9.17, 15) is 19.5 Å². The molecular weight excluding hydrogens is 484 g/mol. The molecule has 0 aromatic carbocycles. The smallest absolute Gasteiger partial charge is 0.408 e. The number of ether oxygens (including phenoxy) is 2. The summed E-state index contributed by atoms with van der Waals surface area (Å²) in [4.78, 5) is 48.2. The van der Waals surface area contributed by atoms with Gasteiger partial charge in [0, 0.05) is 24.7 Å². The van der Waals surface area contributed by atoms with Crippen molar-refractivity contribution >= 4 is 39.5 Å². The number of thiophene rings is 1. The third-order valence-electron chi connectivity index (χ3n) is 6.59. The van der Waals surface area contributed by atoms with E-state index in [1.165, 1.54) is 18.4 Å². The van der Waals surface area contributed by atoms with Gasteiger partial charge in [-0.2, -0.15) is 0 Å². The second-order valence-electron chi connectivity index (χ2n) is 8.77. The van der Waals surface area contributed by atoms with Gasteiger partial charge in [-0.1, -0.05) is 12.1 Å². The van der Waals surface area contributed by atoms with Crippen LogP contribution in [0.4, 0.5) is 4.79 Å². The molecule has 1 saturated heterocycles. The van der Waals surface area contributed by atoms with Gasteiger partial charge in [0.2, 0.25) is 5.91 Å². The summed E-state index contributed by atoms with van der Waals surface area (Å²) in [5, 5.41) is 12.5. The maximum absolute atomic E-state index is 13.1. The molecule has 1 aliphatic carbocycles. The molecular formula is C25H24N4O6S. The fraction of sp³-hybridized carbons (Fsp3) is 0.320. The molecule has 2 amide bonds. The highest BCUT2D eigenvalue weighted by Crippen LogP contribution is 2.45. The molecule has 4 atom stereocenters. The molecule has 1 aliphatic heterocycles. The van der Waals surface area contributed by atoms with Crippen molar-refractivity contribution in [3.8, 4) is 16.3 Å². The Morgan fingerprint density at radius 2 is 2.11 bits per heavy atom. The van der Waals surface area contributed by atoms with Gasteiger partial charge in [-0.15, -0.1) is 17.9 Å². The highest BCUT2D eigenvalue weighted by atomic mass is 32.1. The Morgan fingerprint density at radius 1 is 1.28 bits per heavy atom. The molecule has 1 saturated carbocycles. The number of carbonyl (C=O) groups excluding carboxylic acids is 2. The molecule has 0 spiro atoms. The van der Waals surface area contributed by atoms with Gasteiger partial charge in [0.1, 0.15) is 23.4 Å². The zero-order valence-electron chi connectivity index (χ0n) is 19.4. The van der Waals surface area contributed by atoms with Gasteiger partial charge < -0.3 is 19.9 Å². The lowest BCUT2D eigenvalue weighted by atomic mass is 10.1. The number of fused-ring (bicyclic) bond motifs is 1. The van der Waals surface area contributed by atoms with E-state index in [4.69, 9.17) is 9.47 Å². The van der Waals surface area contributed by atoms with Gasteiger partial charge in [0.15, 0.2) is 0 Å². The number of nitrogens with one attached hydrogen (secondary N) is 1. The van der Waals surface area contributed by atoms with E-state index < -0.39 is 35.7 Å². The van der Waals surface area contributed by atoms with Crippen LogP contribution in [0.15, 0.2) is 55.4 Å². The fourth-order valence-electron chi connectivity index (χ4n) is 4.65. The van der Waals surface area contributed by atoms with Crippen LogP contribution in [0, 0.1) is 5.92 Å². The van der Waals surface area contributed by atoms with Crippen molar-refractivity contribution in [1.82, 2.24) is 20.2 Å². The molecule has 0 radical (unpaired) electrons. The lowest BCUT2D eigenvalue weighted by molar-refractivity contribution is -0.147. The van der Waals surface area contributed by atoms with E-state index in [0.717, 1.165) is 25.7 Å². The summed E-state index contributed by atoms with van der Waals surface area (Å²) in [6, 6.07) is 8.31. The van der Waals surface area contributed by atoms with Crippen LogP contribution in [-0.4, -0.2) is 69.3 Å². The summed E-state index contributed by atoms with van der Waals surface area (Å²) in [6.07, 6.45) is 3.63. The van der Waals surface area contributed by atoms with Gasteiger partial charge in [0.25, 0.3) is 0 Å². The number of methoxy groups -OCH3 is 1. The minimum Gasteiger partial charge on any atom is -0.487 e. The first kappa shape index (κ1) is 23.7. The van der Waals surface area contributed by atoms with Crippen LogP contribution < -0.4 is 10.1 Å².